The summed E-state index contributed by atoms with van der Waals surface area (Å²) in [7, 11) is 1.56. The molecule has 2 aromatic carbocycles. The van der Waals surface area contributed by atoms with E-state index in [-0.39, 0.29) is 16.2 Å². The Hall–Kier alpha value is -3.17. The molecule has 0 bridgehead atoms. The molecule has 2 aromatic heterocycles. The van der Waals surface area contributed by atoms with Crippen molar-refractivity contribution in [3.05, 3.63) is 70.3 Å². The van der Waals surface area contributed by atoms with E-state index in [2.05, 4.69) is 15.0 Å². The Kier molecular flexibility index (Phi) is 6.53. The van der Waals surface area contributed by atoms with Crippen LogP contribution in [-0.2, 0) is 22.0 Å². The molecule has 0 fully saturated rings. The summed E-state index contributed by atoms with van der Waals surface area (Å²) in [5, 5.41) is 0. The van der Waals surface area contributed by atoms with E-state index in [0.29, 0.717) is 36.5 Å². The number of halogens is 1. The number of H-pyrrole nitrogens is 1. The molecule has 0 saturated heterocycles. The third kappa shape index (κ3) is 4.79. The number of hydrogen-bond acceptors (Lipinski definition) is 6. The van der Waals surface area contributed by atoms with Gasteiger partial charge < -0.3 is 14.3 Å². The van der Waals surface area contributed by atoms with E-state index in [0.717, 1.165) is 17.8 Å². The lowest BCUT2D eigenvalue weighted by molar-refractivity contribution is 0.341. The molecule has 0 atom stereocenters. The van der Waals surface area contributed by atoms with Crippen molar-refractivity contribution in [1.29, 1.82) is 0 Å². The van der Waals surface area contributed by atoms with Crippen LogP contribution in [0.2, 0.25) is 0 Å². The van der Waals surface area contributed by atoms with Gasteiger partial charge in [0.1, 0.15) is 17.4 Å². The molecule has 0 saturated carbocycles. The van der Waals surface area contributed by atoms with Crippen molar-refractivity contribution in [3.63, 3.8) is 0 Å². The summed E-state index contributed by atoms with van der Waals surface area (Å²) in [4.78, 5) is 24.9. The standard InChI is InChI=1S/C23H23ClN4O4S/c1-3-12-28-19(13-15-8-6-5-7-9-15)25-20-22(28)26-21(27-23(20)29)17-14-16(33(24,30)31)10-11-18(17)32-4-2/h5-11,14H,3-4,12-13H2,1-2H3,(H,26,27,29). The van der Waals surface area contributed by atoms with Gasteiger partial charge in [-0.2, -0.15) is 0 Å². The normalized spacial score (nSPS) is 11.7. The van der Waals surface area contributed by atoms with Gasteiger partial charge in [-0.25, -0.2) is 18.4 Å². The molecule has 0 aliphatic heterocycles. The molecule has 0 spiro atoms. The molecular formula is C23H23ClN4O4S. The first-order chi connectivity index (χ1) is 15.8. The van der Waals surface area contributed by atoms with Gasteiger partial charge in [0.05, 0.1) is 17.1 Å². The molecule has 0 amide bonds. The molecule has 4 aromatic rings. The van der Waals surface area contributed by atoms with E-state index >= 15 is 0 Å². The highest BCUT2D eigenvalue weighted by molar-refractivity contribution is 8.13. The summed E-state index contributed by atoms with van der Waals surface area (Å²) < 4.78 is 31.4. The van der Waals surface area contributed by atoms with Gasteiger partial charge >= 0.3 is 0 Å². The lowest BCUT2D eigenvalue weighted by Gasteiger charge is -2.12. The van der Waals surface area contributed by atoms with Crippen LogP contribution in [0.25, 0.3) is 22.6 Å². The number of rotatable bonds is 8. The van der Waals surface area contributed by atoms with Gasteiger partial charge in [-0.05, 0) is 37.1 Å². The minimum atomic E-state index is -3.99. The first-order valence-corrected chi connectivity index (χ1v) is 12.9. The quantitative estimate of drug-likeness (QED) is 0.375. The van der Waals surface area contributed by atoms with Crippen LogP contribution in [0.3, 0.4) is 0 Å². The van der Waals surface area contributed by atoms with Crippen molar-refractivity contribution < 1.29 is 13.2 Å². The monoisotopic (exact) mass is 486 g/mol. The molecule has 0 unspecified atom stereocenters. The minimum Gasteiger partial charge on any atom is -0.493 e. The topological polar surface area (TPSA) is 107 Å². The Morgan fingerprint density at radius 2 is 1.85 bits per heavy atom. The van der Waals surface area contributed by atoms with Crippen LogP contribution in [0.5, 0.6) is 5.75 Å². The summed E-state index contributed by atoms with van der Waals surface area (Å²) in [6.45, 7) is 4.82. The van der Waals surface area contributed by atoms with Crippen LogP contribution in [0.1, 0.15) is 31.7 Å². The van der Waals surface area contributed by atoms with Gasteiger partial charge in [-0.1, -0.05) is 37.3 Å². The van der Waals surface area contributed by atoms with Gasteiger partial charge in [0.25, 0.3) is 14.6 Å². The zero-order chi connectivity index (χ0) is 23.6. The average molecular weight is 487 g/mol. The zero-order valence-corrected chi connectivity index (χ0v) is 19.8. The van der Waals surface area contributed by atoms with Gasteiger partial charge in [-0.15, -0.1) is 0 Å². The van der Waals surface area contributed by atoms with E-state index < -0.39 is 14.6 Å². The molecule has 0 radical (unpaired) electrons. The number of fused-ring (bicyclic) bond motifs is 1. The number of imidazole rings is 1. The molecule has 0 aliphatic carbocycles. The van der Waals surface area contributed by atoms with Crippen LogP contribution in [0.4, 0.5) is 0 Å². The first-order valence-electron chi connectivity index (χ1n) is 10.6. The van der Waals surface area contributed by atoms with Crippen molar-refractivity contribution in [2.45, 2.75) is 38.1 Å². The lowest BCUT2D eigenvalue weighted by Crippen LogP contribution is -2.12. The summed E-state index contributed by atoms with van der Waals surface area (Å²) in [5.74, 6) is 1.30. The van der Waals surface area contributed by atoms with E-state index in [9.17, 15) is 13.2 Å². The molecule has 0 aliphatic rings. The number of aryl methyl sites for hydroxylation is 1. The van der Waals surface area contributed by atoms with Gasteiger partial charge in [0.15, 0.2) is 11.2 Å². The Labute approximate surface area is 195 Å². The number of aromatic nitrogens is 4. The molecule has 10 heteroatoms. The van der Waals surface area contributed by atoms with E-state index in [1.165, 1.54) is 18.2 Å². The maximum atomic E-state index is 13.0. The number of benzene rings is 2. The first kappa shape index (κ1) is 23.0. The fraction of sp³-hybridized carbons (Fsp3) is 0.261. The largest absolute Gasteiger partial charge is 0.493 e. The summed E-state index contributed by atoms with van der Waals surface area (Å²) in [5.41, 5.74) is 1.65. The summed E-state index contributed by atoms with van der Waals surface area (Å²) in [6.07, 6.45) is 1.37. The molecule has 2 heterocycles. The number of nitrogens with zero attached hydrogens (tertiary/aromatic N) is 3. The second kappa shape index (κ2) is 9.36. The van der Waals surface area contributed by atoms with Crippen molar-refractivity contribution in [3.8, 4) is 17.1 Å². The van der Waals surface area contributed by atoms with E-state index in [1.807, 2.05) is 48.7 Å². The van der Waals surface area contributed by atoms with Crippen LogP contribution >= 0.6 is 10.7 Å². The van der Waals surface area contributed by atoms with E-state index in [4.69, 9.17) is 15.4 Å². The maximum absolute atomic E-state index is 13.0. The van der Waals surface area contributed by atoms with Crippen molar-refractivity contribution in [1.82, 2.24) is 19.5 Å². The second-order valence-electron chi connectivity index (χ2n) is 7.46. The predicted octanol–water partition coefficient (Wildman–Crippen LogP) is 4.11. The smallest absolute Gasteiger partial charge is 0.279 e. The van der Waals surface area contributed by atoms with Crippen LogP contribution < -0.4 is 10.3 Å². The summed E-state index contributed by atoms with van der Waals surface area (Å²) >= 11 is 0. The number of aromatic amines is 1. The average Bonchev–Trinajstić information content (AvgIpc) is 3.12. The zero-order valence-electron chi connectivity index (χ0n) is 18.2. The lowest BCUT2D eigenvalue weighted by atomic mass is 10.1. The third-order valence-electron chi connectivity index (χ3n) is 5.12. The Morgan fingerprint density at radius 1 is 1.09 bits per heavy atom. The van der Waals surface area contributed by atoms with Crippen molar-refractivity contribution in [2.75, 3.05) is 6.61 Å². The van der Waals surface area contributed by atoms with Gasteiger partial charge in [0.2, 0.25) is 0 Å². The van der Waals surface area contributed by atoms with Gasteiger partial charge in [0, 0.05) is 23.6 Å². The maximum Gasteiger partial charge on any atom is 0.279 e. The predicted molar refractivity (Wildman–Crippen MR) is 127 cm³/mol. The van der Waals surface area contributed by atoms with Crippen molar-refractivity contribution in [2.24, 2.45) is 0 Å². The van der Waals surface area contributed by atoms with Crippen LogP contribution in [-0.4, -0.2) is 34.5 Å². The highest BCUT2D eigenvalue weighted by Crippen LogP contribution is 2.32. The molecule has 4 rings (SSSR count). The highest BCUT2D eigenvalue weighted by Gasteiger charge is 2.20. The number of ether oxygens (including phenoxy) is 1. The molecule has 172 valence electrons. The minimum absolute atomic E-state index is 0.114. The number of nitrogens with one attached hydrogen (secondary N) is 1. The fourth-order valence-corrected chi connectivity index (χ4v) is 4.46. The Bertz CT molecular complexity index is 1460. The Balaban J connectivity index is 1.92. The fourth-order valence-electron chi connectivity index (χ4n) is 3.68. The second-order valence-corrected chi connectivity index (χ2v) is 10.0. The SMILES string of the molecule is CCCn1c(Cc2ccccc2)nc2c(=O)[nH]c(-c3cc(S(=O)(=O)Cl)ccc3OCC)nc21. The van der Waals surface area contributed by atoms with Crippen LogP contribution in [0, 0.1) is 0 Å². The van der Waals surface area contributed by atoms with Gasteiger partial charge in [-0.3, -0.25) is 4.79 Å². The molecular weight excluding hydrogens is 464 g/mol. The third-order valence-corrected chi connectivity index (χ3v) is 6.48. The molecule has 8 nitrogen and oxygen atoms in total. The highest BCUT2D eigenvalue weighted by atomic mass is 35.7. The number of hydrogen-bond donors (Lipinski definition) is 1. The summed E-state index contributed by atoms with van der Waals surface area (Å²) in [6, 6.07) is 14.1. The Morgan fingerprint density at radius 3 is 2.52 bits per heavy atom. The van der Waals surface area contributed by atoms with Crippen LogP contribution in [0.15, 0.2) is 58.2 Å². The van der Waals surface area contributed by atoms with E-state index in [1.54, 1.807) is 0 Å². The van der Waals surface area contributed by atoms with Crippen molar-refractivity contribution >= 4 is 30.9 Å². The molecule has 33 heavy (non-hydrogen) atoms. The molecule has 1 N–H and O–H groups in total.